The quantitative estimate of drug-likeness (QED) is 0.438. The molecule has 0 N–H and O–H groups in total. The van der Waals surface area contributed by atoms with E-state index in [1.54, 1.807) is 13.2 Å². The average molecular weight is 142 g/mol. The highest BCUT2D eigenvalue weighted by molar-refractivity contribution is 5.64. The van der Waals surface area contributed by atoms with Crippen LogP contribution < -0.4 is 0 Å². The van der Waals surface area contributed by atoms with E-state index in [0.29, 0.717) is 5.92 Å². The molecule has 0 aromatic carbocycles. The van der Waals surface area contributed by atoms with Gasteiger partial charge in [-0.1, -0.05) is 19.9 Å². The van der Waals surface area contributed by atoms with Crippen molar-refractivity contribution >= 4 is 6.29 Å². The van der Waals surface area contributed by atoms with Crippen LogP contribution in [0.3, 0.4) is 0 Å². The summed E-state index contributed by atoms with van der Waals surface area (Å²) in [5, 5.41) is 0. The van der Waals surface area contributed by atoms with Crippen LogP contribution in [0.1, 0.15) is 13.8 Å². The Bertz CT molecular complexity index is 116. The van der Waals surface area contributed by atoms with Crippen LogP contribution in [-0.4, -0.2) is 19.5 Å². The fourth-order valence-electron chi connectivity index (χ4n) is 0.728. The molecule has 10 heavy (non-hydrogen) atoms. The van der Waals surface area contributed by atoms with Gasteiger partial charge < -0.3 is 4.74 Å². The molecule has 0 saturated heterocycles. The van der Waals surface area contributed by atoms with Crippen molar-refractivity contribution in [3.8, 4) is 0 Å². The SMILES string of the molecule is COC(/C=C/C=O)C(C)C. The molecule has 2 nitrogen and oxygen atoms in total. The third-order valence-corrected chi connectivity index (χ3v) is 1.31. The predicted molar refractivity (Wildman–Crippen MR) is 40.8 cm³/mol. The third kappa shape index (κ3) is 3.41. The van der Waals surface area contributed by atoms with Gasteiger partial charge in [-0.15, -0.1) is 0 Å². The van der Waals surface area contributed by atoms with Crippen LogP contribution in [0.2, 0.25) is 0 Å². The second-order valence-electron chi connectivity index (χ2n) is 2.47. The monoisotopic (exact) mass is 142 g/mol. The lowest BCUT2D eigenvalue weighted by atomic mass is 10.1. The van der Waals surface area contributed by atoms with Crippen LogP contribution in [0, 0.1) is 5.92 Å². The summed E-state index contributed by atoms with van der Waals surface area (Å²) in [7, 11) is 1.64. The first-order valence-corrected chi connectivity index (χ1v) is 3.37. The third-order valence-electron chi connectivity index (χ3n) is 1.31. The van der Waals surface area contributed by atoms with Crippen molar-refractivity contribution in [2.75, 3.05) is 7.11 Å². The van der Waals surface area contributed by atoms with E-state index in [1.807, 2.05) is 13.8 Å². The number of aldehydes is 1. The summed E-state index contributed by atoms with van der Waals surface area (Å²) in [6.07, 6.45) is 4.05. The summed E-state index contributed by atoms with van der Waals surface area (Å²) in [6, 6.07) is 0. The molecule has 58 valence electrons. The lowest BCUT2D eigenvalue weighted by Crippen LogP contribution is -2.14. The Labute approximate surface area is 61.9 Å². The normalized spacial score (nSPS) is 14.4. The first-order valence-electron chi connectivity index (χ1n) is 3.37. The number of rotatable bonds is 4. The molecular formula is C8H14O2. The zero-order valence-electron chi connectivity index (χ0n) is 6.70. The van der Waals surface area contributed by atoms with Crippen molar-refractivity contribution in [3.63, 3.8) is 0 Å². The first kappa shape index (κ1) is 9.37. The molecule has 0 fully saturated rings. The van der Waals surface area contributed by atoms with Gasteiger partial charge in [0.2, 0.25) is 0 Å². The average Bonchev–Trinajstić information content (AvgIpc) is 1.89. The molecule has 0 heterocycles. The van der Waals surface area contributed by atoms with Gasteiger partial charge in [-0.25, -0.2) is 0 Å². The van der Waals surface area contributed by atoms with Gasteiger partial charge in [0.15, 0.2) is 0 Å². The minimum atomic E-state index is 0.0604. The highest BCUT2D eigenvalue weighted by Crippen LogP contribution is 2.05. The summed E-state index contributed by atoms with van der Waals surface area (Å²) in [6.45, 7) is 4.09. The molecule has 0 amide bonds. The zero-order valence-corrected chi connectivity index (χ0v) is 6.70. The fraction of sp³-hybridized carbons (Fsp3) is 0.625. The van der Waals surface area contributed by atoms with Gasteiger partial charge in [0.1, 0.15) is 6.29 Å². The maximum Gasteiger partial charge on any atom is 0.142 e. The molecule has 0 aromatic rings. The minimum absolute atomic E-state index is 0.0604. The van der Waals surface area contributed by atoms with Gasteiger partial charge in [0, 0.05) is 7.11 Å². The second kappa shape index (κ2) is 5.18. The largest absolute Gasteiger partial charge is 0.377 e. The number of carbonyl (C=O) groups excluding carboxylic acids is 1. The summed E-state index contributed by atoms with van der Waals surface area (Å²) < 4.78 is 5.07. The molecule has 0 radical (unpaired) electrons. The fourth-order valence-corrected chi connectivity index (χ4v) is 0.728. The smallest absolute Gasteiger partial charge is 0.142 e. The Morgan fingerprint density at radius 1 is 1.40 bits per heavy atom. The van der Waals surface area contributed by atoms with Gasteiger partial charge in [-0.05, 0) is 12.0 Å². The highest BCUT2D eigenvalue weighted by Gasteiger charge is 2.06. The van der Waals surface area contributed by atoms with E-state index in [0.717, 1.165) is 6.29 Å². The molecule has 0 spiro atoms. The van der Waals surface area contributed by atoms with Crippen LogP contribution in [0.25, 0.3) is 0 Å². The second-order valence-corrected chi connectivity index (χ2v) is 2.47. The number of carbonyl (C=O) groups is 1. The highest BCUT2D eigenvalue weighted by atomic mass is 16.5. The molecule has 0 aromatic heterocycles. The Morgan fingerprint density at radius 2 is 2.00 bits per heavy atom. The Morgan fingerprint density at radius 3 is 2.30 bits per heavy atom. The lowest BCUT2D eigenvalue weighted by molar-refractivity contribution is -0.104. The Balaban J connectivity index is 3.82. The van der Waals surface area contributed by atoms with E-state index in [9.17, 15) is 4.79 Å². The molecule has 0 aliphatic carbocycles. The van der Waals surface area contributed by atoms with E-state index < -0.39 is 0 Å². The Kier molecular flexibility index (Phi) is 4.85. The zero-order chi connectivity index (χ0) is 7.98. The lowest BCUT2D eigenvalue weighted by Gasteiger charge is -2.13. The number of allylic oxidation sites excluding steroid dienone is 1. The number of hydrogen-bond donors (Lipinski definition) is 0. The van der Waals surface area contributed by atoms with Crippen LogP contribution >= 0.6 is 0 Å². The number of methoxy groups -OCH3 is 1. The van der Waals surface area contributed by atoms with E-state index >= 15 is 0 Å². The molecule has 0 saturated carbocycles. The van der Waals surface area contributed by atoms with Crippen LogP contribution in [0.4, 0.5) is 0 Å². The van der Waals surface area contributed by atoms with Crippen molar-refractivity contribution in [2.45, 2.75) is 20.0 Å². The molecule has 2 heteroatoms. The van der Waals surface area contributed by atoms with Gasteiger partial charge in [-0.2, -0.15) is 0 Å². The van der Waals surface area contributed by atoms with Crippen molar-refractivity contribution < 1.29 is 9.53 Å². The molecule has 0 bridgehead atoms. The van der Waals surface area contributed by atoms with Gasteiger partial charge >= 0.3 is 0 Å². The molecule has 0 rings (SSSR count). The van der Waals surface area contributed by atoms with Crippen LogP contribution in [-0.2, 0) is 9.53 Å². The topological polar surface area (TPSA) is 26.3 Å². The van der Waals surface area contributed by atoms with Gasteiger partial charge in [-0.3, -0.25) is 4.79 Å². The number of hydrogen-bond acceptors (Lipinski definition) is 2. The van der Waals surface area contributed by atoms with Crippen molar-refractivity contribution in [2.24, 2.45) is 5.92 Å². The predicted octanol–water partition coefficient (Wildman–Crippen LogP) is 1.41. The van der Waals surface area contributed by atoms with Crippen molar-refractivity contribution in [1.82, 2.24) is 0 Å². The van der Waals surface area contributed by atoms with Gasteiger partial charge in [0.05, 0.1) is 6.10 Å². The van der Waals surface area contributed by atoms with E-state index in [4.69, 9.17) is 4.74 Å². The first-order chi connectivity index (χ1) is 4.72. The Hall–Kier alpha value is -0.630. The maximum absolute atomic E-state index is 9.91. The van der Waals surface area contributed by atoms with Gasteiger partial charge in [0.25, 0.3) is 0 Å². The summed E-state index contributed by atoms with van der Waals surface area (Å²) in [5.41, 5.74) is 0. The molecule has 0 aliphatic heterocycles. The van der Waals surface area contributed by atoms with Crippen molar-refractivity contribution in [3.05, 3.63) is 12.2 Å². The molecule has 1 atom stereocenters. The summed E-state index contributed by atoms with van der Waals surface area (Å²) in [5.74, 6) is 0.418. The van der Waals surface area contributed by atoms with Crippen LogP contribution in [0.15, 0.2) is 12.2 Å². The summed E-state index contributed by atoms with van der Waals surface area (Å²) >= 11 is 0. The summed E-state index contributed by atoms with van der Waals surface area (Å²) in [4.78, 5) is 9.91. The molecular weight excluding hydrogens is 128 g/mol. The van der Waals surface area contributed by atoms with E-state index in [-0.39, 0.29) is 6.10 Å². The van der Waals surface area contributed by atoms with Crippen molar-refractivity contribution in [1.29, 1.82) is 0 Å². The number of ether oxygens (including phenoxy) is 1. The standard InChI is InChI=1S/C8H14O2/c1-7(2)8(10-3)5-4-6-9/h4-8H,1-3H3/b5-4+. The minimum Gasteiger partial charge on any atom is -0.377 e. The van der Waals surface area contributed by atoms with E-state index in [2.05, 4.69) is 0 Å². The van der Waals surface area contributed by atoms with Crippen LogP contribution in [0.5, 0.6) is 0 Å². The van der Waals surface area contributed by atoms with E-state index in [1.165, 1.54) is 6.08 Å². The molecule has 1 unspecified atom stereocenters. The molecule has 0 aliphatic rings. The maximum atomic E-state index is 9.91.